The van der Waals surface area contributed by atoms with Crippen molar-refractivity contribution in [2.45, 2.75) is 32.4 Å². The van der Waals surface area contributed by atoms with E-state index in [2.05, 4.69) is 19.9 Å². The number of carbonyl (C=O) groups excluding carboxylic acids is 1. The van der Waals surface area contributed by atoms with Gasteiger partial charge in [0.05, 0.1) is 17.7 Å². The van der Waals surface area contributed by atoms with Crippen LogP contribution in [0.25, 0.3) is 0 Å². The highest BCUT2D eigenvalue weighted by molar-refractivity contribution is 5.80. The fourth-order valence-corrected chi connectivity index (χ4v) is 2.61. The zero-order chi connectivity index (χ0) is 14.0. The molecule has 0 radical (unpaired) electrons. The second kappa shape index (κ2) is 5.41. The first kappa shape index (κ1) is 13.6. The van der Waals surface area contributed by atoms with Crippen LogP contribution in [-0.2, 0) is 4.79 Å². The molecule has 1 aliphatic heterocycles. The Morgan fingerprint density at radius 1 is 1.42 bits per heavy atom. The monoisotopic (exact) mass is 257 g/mol. The third-order valence-corrected chi connectivity index (χ3v) is 3.42. The van der Waals surface area contributed by atoms with Crippen molar-refractivity contribution in [3.05, 3.63) is 35.4 Å². The van der Waals surface area contributed by atoms with Crippen molar-refractivity contribution in [3.8, 4) is 6.07 Å². The highest BCUT2D eigenvalue weighted by atomic mass is 16.2. The number of hydrogen-bond acceptors (Lipinski definition) is 3. The number of amides is 1. The van der Waals surface area contributed by atoms with Crippen molar-refractivity contribution in [1.82, 2.24) is 4.90 Å². The van der Waals surface area contributed by atoms with Crippen LogP contribution in [0.4, 0.5) is 0 Å². The number of nitrogens with zero attached hydrogens (tertiary/aromatic N) is 2. The van der Waals surface area contributed by atoms with Crippen molar-refractivity contribution in [3.63, 3.8) is 0 Å². The molecule has 1 aromatic rings. The first-order valence-corrected chi connectivity index (χ1v) is 6.58. The summed E-state index contributed by atoms with van der Waals surface area (Å²) >= 11 is 0. The zero-order valence-corrected chi connectivity index (χ0v) is 11.3. The summed E-state index contributed by atoms with van der Waals surface area (Å²) in [6, 6.07) is 9.21. The average molecular weight is 257 g/mol. The molecular formula is C15H19N3O. The lowest BCUT2D eigenvalue weighted by Crippen LogP contribution is -2.35. The molecule has 1 amide bonds. The first-order chi connectivity index (χ1) is 9.02. The largest absolute Gasteiger partial charge is 0.334 e. The second-order valence-electron chi connectivity index (χ2n) is 5.49. The molecule has 4 nitrogen and oxygen atoms in total. The van der Waals surface area contributed by atoms with Crippen molar-refractivity contribution >= 4 is 5.91 Å². The van der Waals surface area contributed by atoms with E-state index in [-0.39, 0.29) is 18.0 Å². The highest BCUT2D eigenvalue weighted by Crippen LogP contribution is 2.32. The van der Waals surface area contributed by atoms with Crippen LogP contribution >= 0.6 is 0 Å². The number of carbonyl (C=O) groups is 1. The summed E-state index contributed by atoms with van der Waals surface area (Å²) in [6.45, 7) is 4.90. The Morgan fingerprint density at radius 3 is 2.58 bits per heavy atom. The minimum atomic E-state index is -0.167. The molecule has 2 rings (SSSR count). The summed E-state index contributed by atoms with van der Waals surface area (Å²) in [7, 11) is 0. The molecule has 1 aromatic carbocycles. The first-order valence-electron chi connectivity index (χ1n) is 6.58. The van der Waals surface area contributed by atoms with E-state index < -0.39 is 0 Å². The molecule has 2 unspecified atom stereocenters. The van der Waals surface area contributed by atoms with Gasteiger partial charge >= 0.3 is 0 Å². The van der Waals surface area contributed by atoms with Gasteiger partial charge in [-0.1, -0.05) is 26.0 Å². The average Bonchev–Trinajstić information content (AvgIpc) is 2.64. The number of rotatable bonds is 3. The fraction of sp³-hybridized carbons (Fsp3) is 0.467. The van der Waals surface area contributed by atoms with Crippen LogP contribution < -0.4 is 5.73 Å². The molecule has 100 valence electrons. The lowest BCUT2D eigenvalue weighted by atomic mass is 9.99. The summed E-state index contributed by atoms with van der Waals surface area (Å²) in [5.74, 6) is 0.533. The normalized spacial score (nSPS) is 22.9. The molecule has 0 aromatic heterocycles. The molecule has 1 saturated heterocycles. The maximum Gasteiger partial charge on any atom is 0.224 e. The van der Waals surface area contributed by atoms with Crippen molar-refractivity contribution in [1.29, 1.82) is 5.26 Å². The third-order valence-electron chi connectivity index (χ3n) is 3.42. The van der Waals surface area contributed by atoms with E-state index in [1.54, 1.807) is 12.1 Å². The van der Waals surface area contributed by atoms with Gasteiger partial charge in [-0.25, -0.2) is 0 Å². The Balaban J connectivity index is 2.28. The van der Waals surface area contributed by atoms with Crippen molar-refractivity contribution in [2.75, 3.05) is 6.54 Å². The van der Waals surface area contributed by atoms with Gasteiger partial charge in [-0.05, 0) is 23.6 Å². The van der Waals surface area contributed by atoms with Gasteiger partial charge in [0.2, 0.25) is 5.91 Å². The van der Waals surface area contributed by atoms with Crippen molar-refractivity contribution in [2.24, 2.45) is 11.7 Å². The highest BCUT2D eigenvalue weighted by Gasteiger charge is 2.38. The molecule has 1 fully saturated rings. The maximum absolute atomic E-state index is 12.0. The Bertz CT molecular complexity index is 501. The number of nitriles is 1. The van der Waals surface area contributed by atoms with E-state index in [0.29, 0.717) is 17.9 Å². The predicted molar refractivity (Wildman–Crippen MR) is 73.0 cm³/mol. The molecule has 0 spiro atoms. The van der Waals surface area contributed by atoms with Crippen LogP contribution in [0.15, 0.2) is 24.3 Å². The maximum atomic E-state index is 12.0. The van der Waals surface area contributed by atoms with E-state index in [0.717, 1.165) is 12.1 Å². The second-order valence-corrected chi connectivity index (χ2v) is 5.49. The number of nitrogens with two attached hydrogens (primary N) is 1. The van der Waals surface area contributed by atoms with E-state index >= 15 is 0 Å². The molecule has 2 N–H and O–H groups in total. The molecule has 1 aliphatic rings. The summed E-state index contributed by atoms with van der Waals surface area (Å²) in [6.07, 6.45) is 0.400. The van der Waals surface area contributed by atoms with Gasteiger partial charge in [0.1, 0.15) is 0 Å². The Hall–Kier alpha value is -1.86. The Morgan fingerprint density at radius 2 is 2.05 bits per heavy atom. The van der Waals surface area contributed by atoms with Crippen LogP contribution in [0.5, 0.6) is 0 Å². The molecule has 1 heterocycles. The summed E-state index contributed by atoms with van der Waals surface area (Å²) in [5.41, 5.74) is 7.74. The third kappa shape index (κ3) is 2.77. The summed E-state index contributed by atoms with van der Waals surface area (Å²) in [5, 5.41) is 8.82. The molecular weight excluding hydrogens is 238 g/mol. The van der Waals surface area contributed by atoms with Crippen LogP contribution in [0, 0.1) is 17.2 Å². The Labute approximate surface area is 113 Å². The summed E-state index contributed by atoms with van der Waals surface area (Å²) < 4.78 is 0. The van der Waals surface area contributed by atoms with Crippen molar-refractivity contribution < 1.29 is 4.79 Å². The van der Waals surface area contributed by atoms with Crippen LogP contribution in [-0.4, -0.2) is 23.4 Å². The van der Waals surface area contributed by atoms with Gasteiger partial charge < -0.3 is 10.6 Å². The lowest BCUT2D eigenvalue weighted by Gasteiger charge is -2.28. The fourth-order valence-electron chi connectivity index (χ4n) is 2.61. The van der Waals surface area contributed by atoms with Gasteiger partial charge in [0, 0.05) is 19.0 Å². The number of hydrogen-bond donors (Lipinski definition) is 1. The van der Waals surface area contributed by atoms with Crippen LogP contribution in [0.1, 0.15) is 37.4 Å². The smallest absolute Gasteiger partial charge is 0.224 e. The van der Waals surface area contributed by atoms with E-state index in [1.165, 1.54) is 0 Å². The number of benzene rings is 1. The standard InChI is InChI=1S/C15H19N3O/c1-10(2)9-18-14(19)7-13(17)15(18)12-5-3-11(8-16)4-6-12/h3-6,10,13,15H,7,9,17H2,1-2H3. The SMILES string of the molecule is CC(C)CN1C(=O)CC(N)C1c1ccc(C#N)cc1. The molecule has 0 bridgehead atoms. The molecule has 19 heavy (non-hydrogen) atoms. The van der Waals surface area contributed by atoms with Crippen LogP contribution in [0.2, 0.25) is 0 Å². The Kier molecular flexibility index (Phi) is 3.87. The zero-order valence-electron chi connectivity index (χ0n) is 11.3. The van der Waals surface area contributed by atoms with Crippen LogP contribution in [0.3, 0.4) is 0 Å². The van der Waals surface area contributed by atoms with E-state index in [9.17, 15) is 4.79 Å². The van der Waals surface area contributed by atoms with Gasteiger partial charge in [-0.15, -0.1) is 0 Å². The van der Waals surface area contributed by atoms with Gasteiger partial charge in [0.25, 0.3) is 0 Å². The topological polar surface area (TPSA) is 70.1 Å². The van der Waals surface area contributed by atoms with Gasteiger partial charge in [0.15, 0.2) is 0 Å². The molecule has 4 heteroatoms. The minimum Gasteiger partial charge on any atom is -0.334 e. The van der Waals surface area contributed by atoms with E-state index in [4.69, 9.17) is 11.0 Å². The quantitative estimate of drug-likeness (QED) is 0.897. The summed E-state index contributed by atoms with van der Waals surface area (Å²) in [4.78, 5) is 13.9. The minimum absolute atomic E-state index is 0.0670. The van der Waals surface area contributed by atoms with E-state index in [1.807, 2.05) is 17.0 Å². The molecule has 0 saturated carbocycles. The lowest BCUT2D eigenvalue weighted by molar-refractivity contribution is -0.129. The molecule has 2 atom stereocenters. The predicted octanol–water partition coefficient (Wildman–Crippen LogP) is 1.81. The molecule has 0 aliphatic carbocycles. The van der Waals surface area contributed by atoms with Gasteiger partial charge in [-0.3, -0.25) is 4.79 Å². The van der Waals surface area contributed by atoms with Gasteiger partial charge in [-0.2, -0.15) is 5.26 Å². The number of likely N-dealkylation sites (tertiary alicyclic amines) is 1.